The van der Waals surface area contributed by atoms with Crippen molar-refractivity contribution in [1.29, 1.82) is 0 Å². The standard InChI is InChI=1S/C17H27N3O5S2/c1-4-19(5-2)26(22,23)15-8-10-16(11-9-15)27(24,25)20-12-6-7-14(13-20)17(21)18-3/h8-11,14H,4-7,12-13H2,1-3H3,(H,18,21)/t14-/m1/s1. The van der Waals surface area contributed by atoms with Crippen LogP contribution in [0.15, 0.2) is 34.1 Å². The summed E-state index contributed by atoms with van der Waals surface area (Å²) in [7, 11) is -5.89. The Balaban J connectivity index is 2.26. The maximum Gasteiger partial charge on any atom is 0.243 e. The molecule has 0 radical (unpaired) electrons. The zero-order chi connectivity index (χ0) is 20.2. The summed E-state index contributed by atoms with van der Waals surface area (Å²) in [6.07, 6.45) is 1.25. The van der Waals surface area contributed by atoms with Crippen LogP contribution in [-0.2, 0) is 24.8 Å². The van der Waals surface area contributed by atoms with Gasteiger partial charge >= 0.3 is 0 Å². The zero-order valence-corrected chi connectivity index (χ0v) is 17.5. The van der Waals surface area contributed by atoms with Gasteiger partial charge in [0.25, 0.3) is 0 Å². The third-order valence-electron chi connectivity index (χ3n) is 4.81. The molecule has 0 spiro atoms. The van der Waals surface area contributed by atoms with Crippen molar-refractivity contribution >= 4 is 26.0 Å². The molecule has 1 amide bonds. The van der Waals surface area contributed by atoms with E-state index >= 15 is 0 Å². The van der Waals surface area contributed by atoms with Crippen LogP contribution in [-0.4, -0.2) is 64.6 Å². The molecule has 1 aliphatic rings. The molecule has 0 saturated carbocycles. The normalized spacial score (nSPS) is 19.2. The van der Waals surface area contributed by atoms with Gasteiger partial charge < -0.3 is 5.32 Å². The summed E-state index contributed by atoms with van der Waals surface area (Å²) in [5.41, 5.74) is 0. The molecule has 1 fully saturated rings. The van der Waals surface area contributed by atoms with Crippen LogP contribution in [0.25, 0.3) is 0 Å². The molecular formula is C17H27N3O5S2. The van der Waals surface area contributed by atoms with E-state index in [-0.39, 0.29) is 28.2 Å². The number of carbonyl (C=O) groups is 1. The number of benzene rings is 1. The van der Waals surface area contributed by atoms with Crippen molar-refractivity contribution in [1.82, 2.24) is 13.9 Å². The first-order valence-corrected chi connectivity index (χ1v) is 11.9. The van der Waals surface area contributed by atoms with Gasteiger partial charge in [0.05, 0.1) is 15.7 Å². The van der Waals surface area contributed by atoms with E-state index in [1.807, 2.05) is 0 Å². The first-order valence-electron chi connectivity index (χ1n) is 9.00. The monoisotopic (exact) mass is 417 g/mol. The zero-order valence-electron chi connectivity index (χ0n) is 15.9. The van der Waals surface area contributed by atoms with Crippen LogP contribution in [0.2, 0.25) is 0 Å². The molecule has 152 valence electrons. The highest BCUT2D eigenvalue weighted by molar-refractivity contribution is 7.89. The predicted molar refractivity (Wildman–Crippen MR) is 102 cm³/mol. The second kappa shape index (κ2) is 8.68. The molecule has 1 saturated heterocycles. The van der Waals surface area contributed by atoms with Crippen LogP contribution >= 0.6 is 0 Å². The van der Waals surface area contributed by atoms with E-state index in [0.717, 1.165) is 0 Å². The summed E-state index contributed by atoms with van der Waals surface area (Å²) in [6.45, 7) is 4.65. The Morgan fingerprint density at radius 3 is 2.19 bits per heavy atom. The molecule has 0 unspecified atom stereocenters. The third-order valence-corrected chi connectivity index (χ3v) is 8.75. The molecule has 1 heterocycles. The van der Waals surface area contributed by atoms with Gasteiger partial charge in [0.15, 0.2) is 0 Å². The number of sulfonamides is 2. The van der Waals surface area contributed by atoms with Crippen molar-refractivity contribution < 1.29 is 21.6 Å². The largest absolute Gasteiger partial charge is 0.359 e. The number of hydrogen-bond acceptors (Lipinski definition) is 5. The van der Waals surface area contributed by atoms with Crippen molar-refractivity contribution in [2.75, 3.05) is 33.2 Å². The first-order chi connectivity index (χ1) is 12.7. The lowest BCUT2D eigenvalue weighted by Crippen LogP contribution is -2.44. The number of amides is 1. The SMILES string of the molecule is CCN(CC)S(=O)(=O)c1ccc(S(=O)(=O)N2CCC[C@@H](C(=O)NC)C2)cc1. The summed E-state index contributed by atoms with van der Waals surface area (Å²) < 4.78 is 53.4. The van der Waals surface area contributed by atoms with E-state index in [2.05, 4.69) is 5.32 Å². The second-order valence-electron chi connectivity index (χ2n) is 6.38. The fourth-order valence-corrected chi connectivity index (χ4v) is 6.21. The fourth-order valence-electron chi connectivity index (χ4n) is 3.22. The van der Waals surface area contributed by atoms with Gasteiger partial charge in [0.2, 0.25) is 26.0 Å². The lowest BCUT2D eigenvalue weighted by molar-refractivity contribution is -0.125. The molecule has 1 aromatic rings. The van der Waals surface area contributed by atoms with Crippen LogP contribution in [0.3, 0.4) is 0 Å². The van der Waals surface area contributed by atoms with Crippen molar-refractivity contribution in [3.8, 4) is 0 Å². The van der Waals surface area contributed by atoms with Gasteiger partial charge in [-0.25, -0.2) is 16.8 Å². The van der Waals surface area contributed by atoms with Crippen LogP contribution in [0.1, 0.15) is 26.7 Å². The quantitative estimate of drug-likeness (QED) is 0.709. The highest BCUT2D eigenvalue weighted by atomic mass is 32.2. The van der Waals surface area contributed by atoms with Crippen LogP contribution < -0.4 is 5.32 Å². The van der Waals surface area contributed by atoms with Gasteiger partial charge in [-0.15, -0.1) is 0 Å². The Morgan fingerprint density at radius 1 is 1.11 bits per heavy atom. The summed E-state index contributed by atoms with van der Waals surface area (Å²) in [5.74, 6) is -0.545. The van der Waals surface area contributed by atoms with E-state index in [1.54, 1.807) is 13.8 Å². The molecule has 10 heteroatoms. The van der Waals surface area contributed by atoms with Crippen molar-refractivity contribution in [3.05, 3.63) is 24.3 Å². The minimum Gasteiger partial charge on any atom is -0.359 e. The number of hydrogen-bond donors (Lipinski definition) is 1. The molecule has 1 atom stereocenters. The molecular weight excluding hydrogens is 390 g/mol. The average Bonchev–Trinajstić information content (AvgIpc) is 2.68. The predicted octanol–water partition coefficient (Wildman–Crippen LogP) is 0.864. The van der Waals surface area contributed by atoms with E-state index in [0.29, 0.717) is 32.5 Å². The molecule has 8 nitrogen and oxygen atoms in total. The van der Waals surface area contributed by atoms with Crippen molar-refractivity contribution in [2.24, 2.45) is 5.92 Å². The Morgan fingerprint density at radius 2 is 1.67 bits per heavy atom. The van der Waals surface area contributed by atoms with Gasteiger partial charge in [-0.1, -0.05) is 13.8 Å². The molecule has 27 heavy (non-hydrogen) atoms. The molecule has 2 rings (SSSR count). The Hall–Kier alpha value is -1.49. The number of rotatable bonds is 7. The number of nitrogens with zero attached hydrogens (tertiary/aromatic N) is 2. The fraction of sp³-hybridized carbons (Fsp3) is 0.588. The average molecular weight is 418 g/mol. The smallest absolute Gasteiger partial charge is 0.243 e. The van der Waals surface area contributed by atoms with Gasteiger partial charge in [-0.3, -0.25) is 4.79 Å². The highest BCUT2D eigenvalue weighted by Gasteiger charge is 2.33. The molecule has 1 N–H and O–H groups in total. The summed E-state index contributed by atoms with van der Waals surface area (Å²) >= 11 is 0. The van der Waals surface area contributed by atoms with Gasteiger partial charge in [-0.2, -0.15) is 8.61 Å². The maximum atomic E-state index is 12.9. The van der Waals surface area contributed by atoms with Crippen molar-refractivity contribution in [3.63, 3.8) is 0 Å². The molecule has 0 aromatic heterocycles. The minimum atomic E-state index is -3.79. The summed E-state index contributed by atoms with van der Waals surface area (Å²) in [5, 5.41) is 2.56. The molecule has 1 aromatic carbocycles. The van der Waals surface area contributed by atoms with Crippen molar-refractivity contribution in [2.45, 2.75) is 36.5 Å². The van der Waals surface area contributed by atoms with Gasteiger partial charge in [0, 0.05) is 33.2 Å². The lowest BCUT2D eigenvalue weighted by Gasteiger charge is -2.31. The van der Waals surface area contributed by atoms with Crippen LogP contribution in [0, 0.1) is 5.92 Å². The van der Waals surface area contributed by atoms with Gasteiger partial charge in [0.1, 0.15) is 0 Å². The Kier molecular flexibility index (Phi) is 7.01. The number of nitrogens with one attached hydrogen (secondary N) is 1. The maximum absolute atomic E-state index is 12.9. The topological polar surface area (TPSA) is 104 Å². The third kappa shape index (κ3) is 4.50. The Labute approximate surface area is 161 Å². The summed E-state index contributed by atoms with van der Waals surface area (Å²) in [4.78, 5) is 11.9. The van der Waals surface area contributed by atoms with E-state index < -0.39 is 20.0 Å². The highest BCUT2D eigenvalue weighted by Crippen LogP contribution is 2.25. The minimum absolute atomic E-state index is 0.0264. The number of carbonyl (C=O) groups excluding carboxylic acids is 1. The van der Waals surface area contributed by atoms with E-state index in [1.165, 1.54) is 39.9 Å². The summed E-state index contributed by atoms with van der Waals surface area (Å²) in [6, 6.07) is 5.27. The van der Waals surface area contributed by atoms with Crippen LogP contribution in [0.4, 0.5) is 0 Å². The van der Waals surface area contributed by atoms with E-state index in [9.17, 15) is 21.6 Å². The molecule has 0 bridgehead atoms. The first kappa shape index (κ1) is 21.8. The van der Waals surface area contributed by atoms with Gasteiger partial charge in [-0.05, 0) is 37.1 Å². The number of piperidine rings is 1. The van der Waals surface area contributed by atoms with Crippen LogP contribution in [0.5, 0.6) is 0 Å². The molecule has 0 aliphatic carbocycles. The second-order valence-corrected chi connectivity index (χ2v) is 10.3. The molecule has 1 aliphatic heterocycles. The Bertz CT molecular complexity index is 862. The lowest BCUT2D eigenvalue weighted by atomic mass is 9.99. The van der Waals surface area contributed by atoms with E-state index in [4.69, 9.17) is 0 Å².